The summed E-state index contributed by atoms with van der Waals surface area (Å²) in [6.07, 6.45) is 2.13. The lowest BCUT2D eigenvalue weighted by atomic mass is 10.0. The van der Waals surface area contributed by atoms with Gasteiger partial charge in [0.25, 0.3) is 0 Å². The molecule has 0 saturated carbocycles. The summed E-state index contributed by atoms with van der Waals surface area (Å²) in [6.45, 7) is 7.48. The summed E-state index contributed by atoms with van der Waals surface area (Å²) in [5, 5.41) is 4.86. The Morgan fingerprint density at radius 1 is 1.21 bits per heavy atom. The second-order valence-corrected chi connectivity index (χ2v) is 6.16. The zero-order valence-corrected chi connectivity index (χ0v) is 12.8. The van der Waals surface area contributed by atoms with Crippen LogP contribution in [0.1, 0.15) is 40.5 Å². The molecule has 1 N–H and O–H groups in total. The van der Waals surface area contributed by atoms with Crippen LogP contribution in [0.5, 0.6) is 0 Å². The smallest absolute Gasteiger partial charge is 0.0949 e. The standard InChI is InChI=1S/C16H22N2S/c1-4-10-17-15(14-8-6-5-7-9-14)11-16-18-12(2)13(3)19-16/h5-9,15,17H,4,10-11H2,1-3H3. The van der Waals surface area contributed by atoms with E-state index in [4.69, 9.17) is 0 Å². The highest BCUT2D eigenvalue weighted by atomic mass is 32.1. The van der Waals surface area contributed by atoms with Gasteiger partial charge in [0.15, 0.2) is 0 Å². The van der Waals surface area contributed by atoms with Gasteiger partial charge in [0, 0.05) is 17.3 Å². The van der Waals surface area contributed by atoms with E-state index in [2.05, 4.69) is 61.4 Å². The zero-order chi connectivity index (χ0) is 13.7. The van der Waals surface area contributed by atoms with Crippen LogP contribution in [-0.2, 0) is 6.42 Å². The Morgan fingerprint density at radius 2 is 1.95 bits per heavy atom. The molecule has 1 unspecified atom stereocenters. The summed E-state index contributed by atoms with van der Waals surface area (Å²) in [7, 11) is 0. The quantitative estimate of drug-likeness (QED) is 0.860. The van der Waals surface area contributed by atoms with Crippen LogP contribution in [0.25, 0.3) is 0 Å². The maximum Gasteiger partial charge on any atom is 0.0949 e. The number of nitrogens with one attached hydrogen (secondary N) is 1. The van der Waals surface area contributed by atoms with Gasteiger partial charge in [0.2, 0.25) is 0 Å². The minimum absolute atomic E-state index is 0.367. The predicted octanol–water partition coefficient (Wildman–Crippen LogP) is 4.04. The highest BCUT2D eigenvalue weighted by Crippen LogP contribution is 2.23. The lowest BCUT2D eigenvalue weighted by molar-refractivity contribution is 0.528. The third-order valence-electron chi connectivity index (χ3n) is 3.29. The molecule has 0 bridgehead atoms. The molecule has 0 spiro atoms. The number of benzene rings is 1. The Labute approximate surface area is 119 Å². The van der Waals surface area contributed by atoms with Gasteiger partial charge in [0.05, 0.1) is 10.7 Å². The van der Waals surface area contributed by atoms with Crippen molar-refractivity contribution in [1.82, 2.24) is 10.3 Å². The zero-order valence-electron chi connectivity index (χ0n) is 11.9. The van der Waals surface area contributed by atoms with E-state index in [1.807, 2.05) is 11.3 Å². The molecule has 2 nitrogen and oxygen atoms in total. The fourth-order valence-electron chi connectivity index (χ4n) is 2.11. The second-order valence-electron chi connectivity index (χ2n) is 4.87. The Hall–Kier alpha value is -1.19. The van der Waals surface area contributed by atoms with Crippen LogP contribution in [0.15, 0.2) is 30.3 Å². The molecule has 1 atom stereocenters. The Morgan fingerprint density at radius 3 is 2.53 bits per heavy atom. The van der Waals surface area contributed by atoms with Crippen LogP contribution in [0.4, 0.5) is 0 Å². The summed E-state index contributed by atoms with van der Waals surface area (Å²) in [6, 6.07) is 11.0. The van der Waals surface area contributed by atoms with Crippen LogP contribution in [-0.4, -0.2) is 11.5 Å². The van der Waals surface area contributed by atoms with Gasteiger partial charge in [-0.15, -0.1) is 11.3 Å². The van der Waals surface area contributed by atoms with Crippen molar-refractivity contribution >= 4 is 11.3 Å². The largest absolute Gasteiger partial charge is 0.310 e. The van der Waals surface area contributed by atoms with E-state index in [0.717, 1.165) is 19.4 Å². The molecular formula is C16H22N2S. The van der Waals surface area contributed by atoms with Gasteiger partial charge in [-0.1, -0.05) is 37.3 Å². The van der Waals surface area contributed by atoms with Crippen LogP contribution < -0.4 is 5.32 Å². The van der Waals surface area contributed by atoms with Crippen LogP contribution in [0.3, 0.4) is 0 Å². The molecule has 1 aromatic carbocycles. The Balaban J connectivity index is 2.14. The fraction of sp³-hybridized carbons (Fsp3) is 0.438. The van der Waals surface area contributed by atoms with Gasteiger partial charge < -0.3 is 5.32 Å². The molecule has 1 aromatic heterocycles. The first-order valence-corrected chi connectivity index (χ1v) is 7.73. The molecule has 102 valence electrons. The van der Waals surface area contributed by atoms with Gasteiger partial charge in [-0.25, -0.2) is 4.98 Å². The first-order valence-electron chi connectivity index (χ1n) is 6.92. The first kappa shape index (κ1) is 14.2. The molecule has 19 heavy (non-hydrogen) atoms. The first-order chi connectivity index (χ1) is 9.20. The summed E-state index contributed by atoms with van der Waals surface area (Å²) in [5.41, 5.74) is 2.52. The predicted molar refractivity (Wildman–Crippen MR) is 82.8 cm³/mol. The highest BCUT2D eigenvalue weighted by Gasteiger charge is 2.14. The molecule has 1 heterocycles. The van der Waals surface area contributed by atoms with Crippen molar-refractivity contribution in [2.75, 3.05) is 6.54 Å². The van der Waals surface area contributed by atoms with E-state index >= 15 is 0 Å². The van der Waals surface area contributed by atoms with Gasteiger partial charge in [-0.3, -0.25) is 0 Å². The highest BCUT2D eigenvalue weighted by molar-refractivity contribution is 7.11. The third kappa shape index (κ3) is 3.88. The lowest BCUT2D eigenvalue weighted by Gasteiger charge is -2.17. The fourth-order valence-corrected chi connectivity index (χ4v) is 3.09. The van der Waals surface area contributed by atoms with Crippen molar-refractivity contribution in [2.24, 2.45) is 0 Å². The number of aryl methyl sites for hydroxylation is 2. The number of rotatable bonds is 6. The summed E-state index contributed by atoms with van der Waals surface area (Å²) in [4.78, 5) is 5.99. The molecule has 0 amide bonds. The summed E-state index contributed by atoms with van der Waals surface area (Å²) < 4.78 is 0. The number of thiazole rings is 1. The van der Waals surface area contributed by atoms with E-state index in [0.29, 0.717) is 6.04 Å². The van der Waals surface area contributed by atoms with Crippen LogP contribution >= 0.6 is 11.3 Å². The molecule has 2 rings (SSSR count). The van der Waals surface area contributed by atoms with Crippen molar-refractivity contribution in [3.8, 4) is 0 Å². The van der Waals surface area contributed by atoms with E-state index in [1.165, 1.54) is 21.1 Å². The van der Waals surface area contributed by atoms with Crippen molar-refractivity contribution in [1.29, 1.82) is 0 Å². The Bertz CT molecular complexity index is 485. The monoisotopic (exact) mass is 274 g/mol. The number of aromatic nitrogens is 1. The molecule has 0 fully saturated rings. The maximum atomic E-state index is 4.66. The van der Waals surface area contributed by atoms with Crippen molar-refractivity contribution < 1.29 is 0 Å². The minimum atomic E-state index is 0.367. The summed E-state index contributed by atoms with van der Waals surface area (Å²) >= 11 is 1.82. The van der Waals surface area contributed by atoms with Crippen LogP contribution in [0.2, 0.25) is 0 Å². The van der Waals surface area contributed by atoms with Gasteiger partial charge in [-0.2, -0.15) is 0 Å². The molecule has 0 radical (unpaired) electrons. The lowest BCUT2D eigenvalue weighted by Crippen LogP contribution is -2.24. The normalized spacial score (nSPS) is 12.6. The average molecular weight is 274 g/mol. The molecule has 0 aliphatic heterocycles. The molecule has 0 aliphatic rings. The van der Waals surface area contributed by atoms with E-state index in [-0.39, 0.29) is 0 Å². The molecule has 2 aromatic rings. The third-order valence-corrected chi connectivity index (χ3v) is 4.39. The SMILES string of the molecule is CCCNC(Cc1nc(C)c(C)s1)c1ccccc1. The van der Waals surface area contributed by atoms with Gasteiger partial charge in [-0.05, 0) is 32.4 Å². The number of nitrogens with zero attached hydrogens (tertiary/aromatic N) is 1. The van der Waals surface area contributed by atoms with E-state index < -0.39 is 0 Å². The molecular weight excluding hydrogens is 252 g/mol. The van der Waals surface area contributed by atoms with Crippen molar-refractivity contribution in [2.45, 2.75) is 39.7 Å². The van der Waals surface area contributed by atoms with Crippen molar-refractivity contribution in [3.05, 3.63) is 51.5 Å². The molecule has 0 saturated heterocycles. The Kier molecular flexibility index (Phi) is 5.11. The molecule has 3 heteroatoms. The molecule has 0 aliphatic carbocycles. The van der Waals surface area contributed by atoms with Crippen LogP contribution in [0, 0.1) is 13.8 Å². The maximum absolute atomic E-state index is 4.66. The van der Waals surface area contributed by atoms with Crippen molar-refractivity contribution in [3.63, 3.8) is 0 Å². The van der Waals surface area contributed by atoms with E-state index in [1.54, 1.807) is 0 Å². The number of hydrogen-bond acceptors (Lipinski definition) is 3. The van der Waals surface area contributed by atoms with Gasteiger partial charge >= 0.3 is 0 Å². The summed E-state index contributed by atoms with van der Waals surface area (Å²) in [5.74, 6) is 0. The average Bonchev–Trinajstić information content (AvgIpc) is 2.74. The number of hydrogen-bond donors (Lipinski definition) is 1. The van der Waals surface area contributed by atoms with Gasteiger partial charge in [0.1, 0.15) is 0 Å². The van der Waals surface area contributed by atoms with E-state index in [9.17, 15) is 0 Å². The minimum Gasteiger partial charge on any atom is -0.310 e. The topological polar surface area (TPSA) is 24.9 Å². The second kappa shape index (κ2) is 6.83.